The Bertz CT molecular complexity index is 1410. The molecule has 0 saturated heterocycles. The zero-order chi connectivity index (χ0) is 25.9. The lowest BCUT2D eigenvalue weighted by atomic mass is 9.81. The van der Waals surface area contributed by atoms with E-state index in [1.165, 1.54) is 7.11 Å². The van der Waals surface area contributed by atoms with Gasteiger partial charge in [-0.1, -0.05) is 6.07 Å². The summed E-state index contributed by atoms with van der Waals surface area (Å²) in [4.78, 5) is 19.9. The van der Waals surface area contributed by atoms with Crippen molar-refractivity contribution in [1.29, 1.82) is 0 Å². The molecule has 0 radical (unpaired) electrons. The number of methoxy groups -OCH3 is 3. The van der Waals surface area contributed by atoms with Gasteiger partial charge in [0.25, 0.3) is 0 Å². The molecular formula is C27H25IN2O7. The molecule has 9 nitrogen and oxygen atoms in total. The van der Waals surface area contributed by atoms with Gasteiger partial charge in [0.05, 0.1) is 27.4 Å². The van der Waals surface area contributed by atoms with Crippen LogP contribution in [0.25, 0.3) is 11.1 Å². The Balaban J connectivity index is 1.64. The van der Waals surface area contributed by atoms with Crippen molar-refractivity contribution in [2.45, 2.75) is 16.1 Å². The lowest BCUT2D eigenvalue weighted by Crippen LogP contribution is -2.43. The van der Waals surface area contributed by atoms with Crippen LogP contribution in [0.1, 0.15) is 33.1 Å². The molecule has 1 unspecified atom stereocenters. The second-order valence-electron chi connectivity index (χ2n) is 9.00. The van der Waals surface area contributed by atoms with Crippen LogP contribution in [0.4, 0.5) is 0 Å². The molecule has 2 aromatic carbocycles. The Labute approximate surface area is 227 Å². The molecule has 192 valence electrons. The predicted molar refractivity (Wildman–Crippen MR) is 142 cm³/mol. The highest BCUT2D eigenvalue weighted by molar-refractivity contribution is 14.1. The number of esters is 1. The Morgan fingerprint density at radius 1 is 1.05 bits per heavy atom. The molecule has 0 saturated carbocycles. The van der Waals surface area contributed by atoms with Crippen molar-refractivity contribution in [3.05, 3.63) is 58.9 Å². The summed E-state index contributed by atoms with van der Waals surface area (Å²) in [6.07, 6.45) is 4.29. The minimum Gasteiger partial charge on any atom is -0.493 e. The van der Waals surface area contributed by atoms with Crippen LogP contribution < -0.4 is 23.7 Å². The number of fused-ring (bicyclic) bond motifs is 3. The topological polar surface area (TPSA) is 88.6 Å². The van der Waals surface area contributed by atoms with E-state index in [-0.39, 0.29) is 6.79 Å². The van der Waals surface area contributed by atoms with Gasteiger partial charge in [-0.3, -0.25) is 9.88 Å². The third-order valence-corrected chi connectivity index (χ3v) is 8.60. The molecule has 0 spiro atoms. The molecule has 0 fully saturated rings. The van der Waals surface area contributed by atoms with E-state index >= 15 is 0 Å². The molecule has 3 aromatic rings. The first-order chi connectivity index (χ1) is 17.9. The molecule has 0 bridgehead atoms. The third kappa shape index (κ3) is 3.38. The van der Waals surface area contributed by atoms with Crippen LogP contribution >= 0.6 is 22.6 Å². The SMILES string of the molecule is COc1ccc2c(c1OC)C(=O)OC2(I)[C@H]1c2c(c(-c3cccnc3)c3c(c2OC)OCO3)CCN1C. The molecular weight excluding hydrogens is 591 g/mol. The van der Waals surface area contributed by atoms with Gasteiger partial charge in [0.1, 0.15) is 5.56 Å². The summed E-state index contributed by atoms with van der Waals surface area (Å²) >= 11 is 2.25. The maximum atomic E-state index is 13.4. The van der Waals surface area contributed by atoms with Gasteiger partial charge in [0, 0.05) is 41.2 Å². The lowest BCUT2D eigenvalue weighted by molar-refractivity contribution is -0.00000148. The molecule has 6 rings (SSSR count). The smallest absolute Gasteiger partial charge is 0.344 e. The van der Waals surface area contributed by atoms with Crippen LogP contribution in [0, 0.1) is 0 Å². The highest BCUT2D eigenvalue weighted by Crippen LogP contribution is 2.62. The van der Waals surface area contributed by atoms with Gasteiger partial charge >= 0.3 is 5.97 Å². The number of carbonyl (C=O) groups excluding carboxylic acids is 1. The number of ether oxygens (including phenoxy) is 6. The molecule has 0 N–H and O–H groups in total. The minimum absolute atomic E-state index is 0.0898. The van der Waals surface area contributed by atoms with Crippen molar-refractivity contribution in [1.82, 2.24) is 9.88 Å². The summed E-state index contributed by atoms with van der Waals surface area (Å²) in [6, 6.07) is 7.17. The number of aromatic nitrogens is 1. The zero-order valence-corrected chi connectivity index (χ0v) is 23.0. The van der Waals surface area contributed by atoms with E-state index < -0.39 is 15.6 Å². The number of benzene rings is 2. The summed E-state index contributed by atoms with van der Waals surface area (Å²) in [5, 5.41) is 0. The van der Waals surface area contributed by atoms with Crippen molar-refractivity contribution in [2.24, 2.45) is 0 Å². The average molecular weight is 616 g/mol. The van der Waals surface area contributed by atoms with Gasteiger partial charge in [-0.25, -0.2) is 4.79 Å². The van der Waals surface area contributed by atoms with Crippen LogP contribution in [0.15, 0.2) is 36.7 Å². The van der Waals surface area contributed by atoms with E-state index in [9.17, 15) is 4.79 Å². The molecule has 0 aliphatic carbocycles. The third-order valence-electron chi connectivity index (χ3n) is 7.21. The number of nitrogens with zero attached hydrogens (tertiary/aromatic N) is 2. The molecule has 0 amide bonds. The van der Waals surface area contributed by atoms with Crippen molar-refractivity contribution in [2.75, 3.05) is 41.7 Å². The number of alkyl halides is 1. The standard InChI is InChI=1S/C27H25IN2O7/c1-30-11-9-15-18(14-6-5-10-29-12-14)23-24(36-13-35-23)22(34-4)19(15)25(30)27(28)16-7-8-17(32-2)21(33-3)20(16)26(31)37-27/h5-8,10,12,25H,9,11,13H2,1-4H3/t25-,27?/m1/s1. The van der Waals surface area contributed by atoms with Gasteiger partial charge in [-0.15, -0.1) is 0 Å². The molecule has 3 aliphatic heterocycles. The molecule has 2 atom stereocenters. The number of cyclic esters (lactones) is 1. The number of pyridine rings is 1. The first-order valence-corrected chi connectivity index (χ1v) is 12.8. The number of carbonyl (C=O) groups is 1. The Morgan fingerprint density at radius 2 is 1.84 bits per heavy atom. The van der Waals surface area contributed by atoms with Crippen LogP contribution in [0.2, 0.25) is 0 Å². The Morgan fingerprint density at radius 3 is 2.54 bits per heavy atom. The number of hydrogen-bond acceptors (Lipinski definition) is 9. The monoisotopic (exact) mass is 616 g/mol. The van der Waals surface area contributed by atoms with Gasteiger partial charge in [-0.05, 0) is 59.8 Å². The predicted octanol–water partition coefficient (Wildman–Crippen LogP) is 4.49. The summed E-state index contributed by atoms with van der Waals surface area (Å²) in [5.41, 5.74) is 4.87. The summed E-state index contributed by atoms with van der Waals surface area (Å²) < 4.78 is 34.1. The van der Waals surface area contributed by atoms with Gasteiger partial charge < -0.3 is 28.4 Å². The van der Waals surface area contributed by atoms with Crippen molar-refractivity contribution in [3.8, 4) is 39.9 Å². The molecule has 10 heteroatoms. The van der Waals surface area contributed by atoms with Crippen molar-refractivity contribution in [3.63, 3.8) is 0 Å². The number of hydrogen-bond donors (Lipinski definition) is 0. The Hall–Kier alpha value is -3.25. The molecule has 37 heavy (non-hydrogen) atoms. The van der Waals surface area contributed by atoms with Crippen molar-refractivity contribution < 1.29 is 33.2 Å². The fourth-order valence-corrected chi connectivity index (χ4v) is 7.13. The maximum Gasteiger partial charge on any atom is 0.344 e. The van der Waals surface area contributed by atoms with Gasteiger partial charge in [-0.2, -0.15) is 0 Å². The summed E-state index contributed by atoms with van der Waals surface area (Å²) in [5.74, 6) is 2.12. The first-order valence-electron chi connectivity index (χ1n) is 11.7. The van der Waals surface area contributed by atoms with E-state index in [1.807, 2.05) is 31.4 Å². The van der Waals surface area contributed by atoms with Crippen LogP contribution in [0.5, 0.6) is 28.7 Å². The van der Waals surface area contributed by atoms with E-state index in [0.29, 0.717) is 39.9 Å². The summed E-state index contributed by atoms with van der Waals surface area (Å²) in [7, 11) is 6.70. The minimum atomic E-state index is -1.08. The maximum absolute atomic E-state index is 13.4. The number of halogens is 1. The van der Waals surface area contributed by atoms with E-state index in [0.717, 1.165) is 35.2 Å². The molecule has 4 heterocycles. The highest BCUT2D eigenvalue weighted by Gasteiger charge is 2.56. The van der Waals surface area contributed by atoms with Crippen molar-refractivity contribution >= 4 is 28.6 Å². The largest absolute Gasteiger partial charge is 0.493 e. The fourth-order valence-electron chi connectivity index (χ4n) is 5.70. The zero-order valence-electron chi connectivity index (χ0n) is 20.8. The fraction of sp³-hybridized carbons (Fsp3) is 0.333. The highest BCUT2D eigenvalue weighted by atomic mass is 127. The summed E-state index contributed by atoms with van der Waals surface area (Å²) in [6.45, 7) is 0.811. The second-order valence-corrected chi connectivity index (χ2v) is 10.6. The van der Waals surface area contributed by atoms with E-state index in [1.54, 1.807) is 26.5 Å². The van der Waals surface area contributed by atoms with Crippen LogP contribution in [0.3, 0.4) is 0 Å². The average Bonchev–Trinajstić information content (AvgIpc) is 3.49. The Kier molecular flexibility index (Phi) is 5.83. The van der Waals surface area contributed by atoms with E-state index in [2.05, 4.69) is 32.5 Å². The first kappa shape index (κ1) is 24.1. The number of rotatable bonds is 5. The quantitative estimate of drug-likeness (QED) is 0.234. The van der Waals surface area contributed by atoms with Gasteiger partial charge in [0.15, 0.2) is 23.0 Å². The van der Waals surface area contributed by atoms with Crippen LogP contribution in [-0.2, 0) is 14.8 Å². The normalized spacial score (nSPS) is 21.8. The lowest BCUT2D eigenvalue weighted by Gasteiger charge is -2.43. The number of likely N-dealkylation sites (N-methyl/N-ethyl adjacent to an activating group) is 1. The molecule has 1 aromatic heterocycles. The molecule has 3 aliphatic rings. The van der Waals surface area contributed by atoms with Gasteiger partial charge in [0.2, 0.25) is 16.2 Å². The van der Waals surface area contributed by atoms with Crippen LogP contribution in [-0.4, -0.2) is 57.6 Å². The second kappa shape index (κ2) is 8.95. The van der Waals surface area contributed by atoms with E-state index in [4.69, 9.17) is 28.4 Å².